The van der Waals surface area contributed by atoms with E-state index in [2.05, 4.69) is 10.3 Å². The van der Waals surface area contributed by atoms with Crippen molar-refractivity contribution >= 4 is 22.8 Å². The standard InChI is InChI=1S/C39H39N3O8/c1-50-34-21-26(10-11-27(34)22-40-23-33(44)30-12-14-32(43)36-31(30)13-15-35(45)41-36)37(46)42-18-16-24(17-19-42)25-6-5-9-29(20-25)39(49,38(47)48)28-7-3-2-4-8-28/h2-15,20-21,24,33,40,43-44,49H,16-19,22-23H2,1H3,(H,41,45)(H,47,48). The highest BCUT2D eigenvalue weighted by Crippen LogP contribution is 2.35. The largest absolute Gasteiger partial charge is 0.506 e. The van der Waals surface area contributed by atoms with Crippen molar-refractivity contribution in [2.75, 3.05) is 26.7 Å². The molecule has 1 saturated heterocycles. The summed E-state index contributed by atoms with van der Waals surface area (Å²) >= 11 is 0. The minimum atomic E-state index is -2.18. The van der Waals surface area contributed by atoms with Gasteiger partial charge in [0.05, 0.1) is 18.7 Å². The van der Waals surface area contributed by atoms with Crippen molar-refractivity contribution in [2.24, 2.45) is 0 Å². The third kappa shape index (κ3) is 6.84. The molecule has 11 nitrogen and oxygen atoms in total. The third-order valence-electron chi connectivity index (χ3n) is 9.51. The lowest BCUT2D eigenvalue weighted by molar-refractivity contribution is -0.155. The number of rotatable bonds is 11. The number of phenols is 1. The summed E-state index contributed by atoms with van der Waals surface area (Å²) < 4.78 is 5.61. The molecule has 258 valence electrons. The minimum absolute atomic E-state index is 0.0779. The Balaban J connectivity index is 1.08. The molecule has 0 radical (unpaired) electrons. The normalized spacial score (nSPS) is 15.4. The Morgan fingerprint density at radius 3 is 2.42 bits per heavy atom. The van der Waals surface area contributed by atoms with Gasteiger partial charge in [0.25, 0.3) is 5.91 Å². The van der Waals surface area contributed by atoms with Crippen LogP contribution in [0.2, 0.25) is 0 Å². The first-order valence-electron chi connectivity index (χ1n) is 16.4. The number of methoxy groups -OCH3 is 1. The van der Waals surface area contributed by atoms with Gasteiger partial charge in [-0.05, 0) is 65.3 Å². The van der Waals surface area contributed by atoms with Gasteiger partial charge in [-0.3, -0.25) is 9.59 Å². The van der Waals surface area contributed by atoms with E-state index in [9.17, 15) is 34.8 Å². The van der Waals surface area contributed by atoms with Crippen LogP contribution in [0.5, 0.6) is 11.5 Å². The molecule has 0 aliphatic carbocycles. The highest BCUT2D eigenvalue weighted by Gasteiger charge is 2.40. The second kappa shape index (κ2) is 14.6. The number of phenolic OH excluding ortho intramolecular Hbond substituents is 1. The molecule has 1 fully saturated rings. The molecule has 0 bridgehead atoms. The van der Waals surface area contributed by atoms with Crippen LogP contribution in [0.1, 0.15) is 63.0 Å². The Hall–Kier alpha value is -5.49. The van der Waals surface area contributed by atoms with E-state index in [4.69, 9.17) is 4.74 Å². The van der Waals surface area contributed by atoms with Crippen LogP contribution < -0.4 is 15.6 Å². The van der Waals surface area contributed by atoms with E-state index in [1.54, 1.807) is 77.7 Å². The Kier molecular flexibility index (Phi) is 10.0. The lowest BCUT2D eigenvalue weighted by Gasteiger charge is -2.33. The number of likely N-dealkylation sites (tertiary alicyclic amines) is 1. The first-order chi connectivity index (χ1) is 24.1. The number of aliphatic carboxylic acids is 1. The summed E-state index contributed by atoms with van der Waals surface area (Å²) in [5, 5.41) is 46.2. The number of fused-ring (bicyclic) bond motifs is 1. The van der Waals surface area contributed by atoms with Gasteiger partial charge in [-0.1, -0.05) is 66.7 Å². The number of nitrogens with zero attached hydrogens (tertiary/aromatic N) is 1. The quantitative estimate of drug-likeness (QED) is 0.119. The molecule has 2 atom stereocenters. The SMILES string of the molecule is COc1cc(C(=O)N2CCC(c3cccc(C(O)(C(=O)O)c4ccccc4)c3)CC2)ccc1CNCC(O)c1ccc(O)c2[nH]c(=O)ccc12. The zero-order chi connectivity index (χ0) is 35.4. The second-order valence-electron chi connectivity index (χ2n) is 12.5. The number of ether oxygens (including phenoxy) is 1. The van der Waals surface area contributed by atoms with Crippen LogP contribution in [0.3, 0.4) is 0 Å². The summed E-state index contributed by atoms with van der Waals surface area (Å²) in [6, 6.07) is 26.7. The maximum Gasteiger partial charge on any atom is 0.345 e. The molecule has 50 heavy (non-hydrogen) atoms. The molecular formula is C39H39N3O8. The number of H-pyrrole nitrogens is 1. The number of carboxylic acid groups (broad SMARTS) is 1. The van der Waals surface area contributed by atoms with E-state index in [0.29, 0.717) is 54.7 Å². The number of benzene rings is 4. The molecule has 2 heterocycles. The predicted octanol–water partition coefficient (Wildman–Crippen LogP) is 4.41. The number of hydrogen-bond acceptors (Lipinski definition) is 8. The Bertz CT molecular complexity index is 2070. The third-order valence-corrected chi connectivity index (χ3v) is 9.51. The fourth-order valence-corrected chi connectivity index (χ4v) is 6.74. The number of aromatic amines is 1. The molecule has 0 saturated carbocycles. The van der Waals surface area contributed by atoms with Crippen LogP contribution in [-0.2, 0) is 16.9 Å². The number of aromatic nitrogens is 1. The number of aliphatic hydroxyl groups is 2. The van der Waals surface area contributed by atoms with Gasteiger partial charge < -0.3 is 40.4 Å². The number of carbonyl (C=O) groups excluding carboxylic acids is 1. The van der Waals surface area contributed by atoms with E-state index in [0.717, 1.165) is 11.1 Å². The summed E-state index contributed by atoms with van der Waals surface area (Å²) in [7, 11) is 1.54. The van der Waals surface area contributed by atoms with Crippen LogP contribution >= 0.6 is 0 Å². The average Bonchev–Trinajstić information content (AvgIpc) is 3.15. The first kappa shape index (κ1) is 34.4. The lowest BCUT2D eigenvalue weighted by Crippen LogP contribution is -2.38. The number of aliphatic hydroxyl groups excluding tert-OH is 1. The summed E-state index contributed by atoms with van der Waals surface area (Å²) in [5.41, 5.74) is 1.06. The number of aromatic hydroxyl groups is 1. The van der Waals surface area contributed by atoms with Gasteiger partial charge in [-0.15, -0.1) is 0 Å². The van der Waals surface area contributed by atoms with Crippen molar-refractivity contribution in [1.29, 1.82) is 0 Å². The van der Waals surface area contributed by atoms with Gasteiger partial charge in [0.15, 0.2) is 0 Å². The Labute approximate surface area is 288 Å². The Morgan fingerprint density at radius 2 is 1.70 bits per heavy atom. The maximum absolute atomic E-state index is 13.5. The van der Waals surface area contributed by atoms with Gasteiger partial charge in [0, 0.05) is 48.8 Å². The summed E-state index contributed by atoms with van der Waals surface area (Å²) in [4.78, 5) is 41.9. The van der Waals surface area contributed by atoms with Crippen LogP contribution in [0.25, 0.3) is 10.9 Å². The molecule has 1 aliphatic rings. The number of hydrogen-bond donors (Lipinski definition) is 6. The highest BCUT2D eigenvalue weighted by atomic mass is 16.5. The van der Waals surface area contributed by atoms with Crippen molar-refractivity contribution in [3.8, 4) is 11.5 Å². The van der Waals surface area contributed by atoms with Crippen LogP contribution in [-0.4, -0.2) is 68.9 Å². The number of nitrogens with one attached hydrogen (secondary N) is 2. The van der Waals surface area contributed by atoms with E-state index >= 15 is 0 Å². The van der Waals surface area contributed by atoms with Gasteiger partial charge in [0.2, 0.25) is 11.2 Å². The number of carbonyl (C=O) groups is 2. The molecule has 0 spiro atoms. The van der Waals surface area contributed by atoms with Gasteiger partial charge in [0.1, 0.15) is 11.5 Å². The van der Waals surface area contributed by atoms with Crippen molar-refractivity contribution in [1.82, 2.24) is 15.2 Å². The number of amides is 1. The lowest BCUT2D eigenvalue weighted by atomic mass is 9.82. The zero-order valence-corrected chi connectivity index (χ0v) is 27.5. The van der Waals surface area contributed by atoms with Crippen molar-refractivity contribution in [3.05, 3.63) is 141 Å². The molecule has 2 unspecified atom stereocenters. The number of carboxylic acids is 1. The molecule has 5 aromatic rings. The van der Waals surface area contributed by atoms with E-state index < -0.39 is 17.7 Å². The molecular weight excluding hydrogens is 638 g/mol. The molecule has 11 heteroatoms. The van der Waals surface area contributed by atoms with E-state index in [1.165, 1.54) is 19.2 Å². The second-order valence-corrected chi connectivity index (χ2v) is 12.5. The molecule has 1 aromatic heterocycles. The minimum Gasteiger partial charge on any atom is -0.506 e. The molecule has 1 amide bonds. The van der Waals surface area contributed by atoms with Crippen LogP contribution in [0, 0.1) is 0 Å². The Morgan fingerprint density at radius 1 is 0.960 bits per heavy atom. The van der Waals surface area contributed by atoms with Crippen molar-refractivity contribution in [3.63, 3.8) is 0 Å². The summed E-state index contributed by atoms with van der Waals surface area (Å²) in [6.45, 7) is 1.56. The van der Waals surface area contributed by atoms with Gasteiger partial charge >= 0.3 is 5.97 Å². The summed E-state index contributed by atoms with van der Waals surface area (Å²) in [6.07, 6.45) is 0.438. The van der Waals surface area contributed by atoms with Gasteiger partial charge in [-0.25, -0.2) is 4.79 Å². The zero-order valence-electron chi connectivity index (χ0n) is 27.5. The molecule has 4 aromatic carbocycles. The van der Waals surface area contributed by atoms with Crippen molar-refractivity contribution in [2.45, 2.75) is 37.0 Å². The van der Waals surface area contributed by atoms with E-state index in [1.807, 2.05) is 12.1 Å². The molecule has 1 aliphatic heterocycles. The van der Waals surface area contributed by atoms with Crippen LogP contribution in [0.4, 0.5) is 0 Å². The number of pyridine rings is 1. The molecule has 6 rings (SSSR count). The fraction of sp³-hybridized carbons (Fsp3) is 0.256. The van der Waals surface area contributed by atoms with E-state index in [-0.39, 0.29) is 46.3 Å². The average molecular weight is 678 g/mol. The fourth-order valence-electron chi connectivity index (χ4n) is 6.74. The topological polar surface area (TPSA) is 172 Å². The molecule has 6 N–H and O–H groups in total. The first-order valence-corrected chi connectivity index (χ1v) is 16.4. The monoisotopic (exact) mass is 677 g/mol. The number of piperidine rings is 1. The van der Waals surface area contributed by atoms with Crippen molar-refractivity contribution < 1.29 is 34.8 Å². The summed E-state index contributed by atoms with van der Waals surface area (Å²) in [5.74, 6) is -0.925. The highest BCUT2D eigenvalue weighted by molar-refractivity contribution is 5.95. The smallest absolute Gasteiger partial charge is 0.345 e. The van der Waals surface area contributed by atoms with Gasteiger partial charge in [-0.2, -0.15) is 0 Å². The predicted molar refractivity (Wildman–Crippen MR) is 187 cm³/mol. The van der Waals surface area contributed by atoms with Crippen LogP contribution in [0.15, 0.2) is 102 Å². The maximum atomic E-state index is 13.5.